The number of carboxylic acid groups (broad SMARTS) is 1. The number of nitrogens with zero attached hydrogens (tertiary/aromatic N) is 1. The molecule has 17 heavy (non-hydrogen) atoms. The van der Waals surface area contributed by atoms with Gasteiger partial charge in [0, 0.05) is 6.04 Å². The largest absolute Gasteiger partial charge is 0.480 e. The van der Waals surface area contributed by atoms with E-state index in [0.717, 1.165) is 25.7 Å². The molecule has 3 N–H and O–H groups in total. The highest BCUT2D eigenvalue weighted by molar-refractivity contribution is 5.87. The summed E-state index contributed by atoms with van der Waals surface area (Å²) in [5.74, 6) is -0.757. The summed E-state index contributed by atoms with van der Waals surface area (Å²) in [6.45, 7) is 1.62. The summed E-state index contributed by atoms with van der Waals surface area (Å²) >= 11 is 0. The molecule has 2 aliphatic rings. The second-order valence-corrected chi connectivity index (χ2v) is 5.24. The summed E-state index contributed by atoms with van der Waals surface area (Å²) in [4.78, 5) is 24.9. The monoisotopic (exact) mass is 240 g/mol. The van der Waals surface area contributed by atoms with Crippen LogP contribution in [0, 0.1) is 5.92 Å². The molecule has 1 saturated heterocycles. The Morgan fingerprint density at radius 1 is 1.35 bits per heavy atom. The molecular weight excluding hydrogens is 220 g/mol. The highest BCUT2D eigenvalue weighted by Gasteiger charge is 2.47. The molecule has 0 aromatic carbocycles. The van der Waals surface area contributed by atoms with Crippen LogP contribution in [0.4, 0.5) is 0 Å². The molecular formula is C12H20N2O3. The lowest BCUT2D eigenvalue weighted by Crippen LogP contribution is -2.51. The van der Waals surface area contributed by atoms with Gasteiger partial charge in [-0.3, -0.25) is 4.79 Å². The number of hydrogen-bond acceptors (Lipinski definition) is 3. The van der Waals surface area contributed by atoms with Crippen molar-refractivity contribution in [3.63, 3.8) is 0 Å². The molecule has 96 valence electrons. The maximum atomic E-state index is 12.1. The van der Waals surface area contributed by atoms with Crippen LogP contribution < -0.4 is 5.73 Å². The molecule has 0 bridgehead atoms. The first-order chi connectivity index (χ1) is 8.02. The minimum atomic E-state index is -0.895. The van der Waals surface area contributed by atoms with E-state index in [0.29, 0.717) is 12.3 Å². The lowest BCUT2D eigenvalue weighted by molar-refractivity contribution is -0.150. The topological polar surface area (TPSA) is 83.6 Å². The van der Waals surface area contributed by atoms with Gasteiger partial charge in [-0.15, -0.1) is 0 Å². The summed E-state index contributed by atoms with van der Waals surface area (Å²) in [5, 5.41) is 9.23. The van der Waals surface area contributed by atoms with E-state index in [9.17, 15) is 14.7 Å². The van der Waals surface area contributed by atoms with Crippen molar-refractivity contribution in [1.82, 2.24) is 4.90 Å². The quantitative estimate of drug-likeness (QED) is 0.739. The van der Waals surface area contributed by atoms with Crippen molar-refractivity contribution in [2.75, 3.05) is 0 Å². The second-order valence-electron chi connectivity index (χ2n) is 5.24. The average molecular weight is 240 g/mol. The number of hydrogen-bond donors (Lipinski definition) is 2. The molecule has 5 heteroatoms. The van der Waals surface area contributed by atoms with Crippen molar-refractivity contribution in [3.8, 4) is 0 Å². The summed E-state index contributed by atoms with van der Waals surface area (Å²) in [6.07, 6.45) is 4.78. The van der Waals surface area contributed by atoms with Crippen molar-refractivity contribution in [2.24, 2.45) is 11.7 Å². The van der Waals surface area contributed by atoms with E-state index in [-0.39, 0.29) is 11.9 Å². The zero-order valence-electron chi connectivity index (χ0n) is 10.1. The maximum Gasteiger partial charge on any atom is 0.326 e. The Morgan fingerprint density at radius 2 is 2.00 bits per heavy atom. The second kappa shape index (κ2) is 4.64. The summed E-state index contributed by atoms with van der Waals surface area (Å²) in [6, 6.07) is -1.18. The number of nitrogens with two attached hydrogens (primary N) is 1. The Balaban J connectivity index is 2.23. The normalized spacial score (nSPS) is 34.2. The van der Waals surface area contributed by atoms with Crippen LogP contribution in [0.15, 0.2) is 0 Å². The molecule has 5 nitrogen and oxygen atoms in total. The first-order valence-electron chi connectivity index (χ1n) is 6.33. The molecule has 2 fully saturated rings. The smallest absolute Gasteiger partial charge is 0.326 e. The Morgan fingerprint density at radius 3 is 2.59 bits per heavy atom. The number of carboxylic acids is 1. The van der Waals surface area contributed by atoms with Crippen molar-refractivity contribution >= 4 is 11.9 Å². The predicted molar refractivity (Wildman–Crippen MR) is 62.3 cm³/mol. The third kappa shape index (κ3) is 2.16. The Hall–Kier alpha value is -1.10. The summed E-state index contributed by atoms with van der Waals surface area (Å²) in [7, 11) is 0. The molecule has 1 amide bonds. The fourth-order valence-electron chi connectivity index (χ4n) is 3.23. The van der Waals surface area contributed by atoms with Crippen molar-refractivity contribution in [2.45, 2.75) is 57.2 Å². The van der Waals surface area contributed by atoms with Gasteiger partial charge in [-0.25, -0.2) is 4.79 Å². The van der Waals surface area contributed by atoms with Crippen LogP contribution in [0.1, 0.15) is 39.0 Å². The first kappa shape index (κ1) is 12.4. The number of likely N-dealkylation sites (tertiary alicyclic amines) is 1. The van der Waals surface area contributed by atoms with E-state index in [1.54, 1.807) is 11.8 Å². The summed E-state index contributed by atoms with van der Waals surface area (Å²) in [5.41, 5.74) is 5.62. The first-order valence-corrected chi connectivity index (χ1v) is 6.33. The van der Waals surface area contributed by atoms with Gasteiger partial charge in [0.1, 0.15) is 6.04 Å². The number of aliphatic carboxylic acids is 1. The standard InChI is InChI=1S/C12H20N2O3/c1-7(13)11(15)14-9-5-3-2-4-8(9)6-10(14)12(16)17/h7-10H,2-6,13H2,1H3,(H,16,17)/t7-,8-,9-,10-/m0/s1. The zero-order chi connectivity index (χ0) is 12.6. The van der Waals surface area contributed by atoms with Gasteiger partial charge in [-0.2, -0.15) is 0 Å². The van der Waals surface area contributed by atoms with Gasteiger partial charge >= 0.3 is 5.97 Å². The van der Waals surface area contributed by atoms with E-state index < -0.39 is 18.1 Å². The molecule has 4 atom stereocenters. The number of amides is 1. The zero-order valence-corrected chi connectivity index (χ0v) is 10.1. The number of fused-ring (bicyclic) bond motifs is 1. The minimum Gasteiger partial charge on any atom is -0.480 e. The van der Waals surface area contributed by atoms with Crippen LogP contribution in [0.3, 0.4) is 0 Å². The van der Waals surface area contributed by atoms with Crippen LogP contribution in [-0.4, -0.2) is 40.0 Å². The molecule has 1 heterocycles. The Kier molecular flexibility index (Phi) is 3.38. The van der Waals surface area contributed by atoms with Gasteiger partial charge in [-0.1, -0.05) is 12.8 Å². The van der Waals surface area contributed by atoms with E-state index in [4.69, 9.17) is 5.73 Å². The van der Waals surface area contributed by atoms with Gasteiger partial charge in [0.25, 0.3) is 0 Å². The van der Waals surface area contributed by atoms with E-state index in [2.05, 4.69) is 0 Å². The fourth-order valence-corrected chi connectivity index (χ4v) is 3.23. The van der Waals surface area contributed by atoms with Crippen molar-refractivity contribution in [3.05, 3.63) is 0 Å². The highest BCUT2D eigenvalue weighted by Crippen LogP contribution is 2.39. The Bertz CT molecular complexity index is 330. The lowest BCUT2D eigenvalue weighted by atomic mass is 9.84. The van der Waals surface area contributed by atoms with E-state index >= 15 is 0 Å². The number of rotatable bonds is 2. The predicted octanol–water partition coefficient (Wildman–Crippen LogP) is 0.578. The van der Waals surface area contributed by atoms with Gasteiger partial charge in [-0.05, 0) is 32.1 Å². The van der Waals surface area contributed by atoms with Crippen LogP contribution in [0.5, 0.6) is 0 Å². The van der Waals surface area contributed by atoms with E-state index in [1.807, 2.05) is 0 Å². The van der Waals surface area contributed by atoms with Crippen molar-refractivity contribution in [1.29, 1.82) is 0 Å². The van der Waals surface area contributed by atoms with Gasteiger partial charge in [0.05, 0.1) is 6.04 Å². The molecule has 0 aromatic heterocycles. The van der Waals surface area contributed by atoms with Crippen LogP contribution in [-0.2, 0) is 9.59 Å². The average Bonchev–Trinajstić information content (AvgIpc) is 2.67. The molecule has 2 rings (SSSR count). The summed E-state index contributed by atoms with van der Waals surface area (Å²) < 4.78 is 0. The SMILES string of the molecule is C[C@H](N)C(=O)N1[C@H](C(=O)O)C[C@@H]2CCCC[C@@H]21. The molecule has 0 radical (unpaired) electrons. The Labute approximate surface area is 101 Å². The number of carbonyl (C=O) groups is 2. The van der Waals surface area contributed by atoms with Crippen molar-refractivity contribution < 1.29 is 14.7 Å². The molecule has 1 aliphatic heterocycles. The molecule has 0 unspecified atom stereocenters. The van der Waals surface area contributed by atoms with Gasteiger partial charge in [0.15, 0.2) is 0 Å². The fraction of sp³-hybridized carbons (Fsp3) is 0.833. The van der Waals surface area contributed by atoms with Crippen LogP contribution >= 0.6 is 0 Å². The lowest BCUT2D eigenvalue weighted by Gasteiger charge is -2.33. The van der Waals surface area contributed by atoms with Gasteiger partial charge in [0.2, 0.25) is 5.91 Å². The number of carbonyl (C=O) groups excluding carboxylic acids is 1. The minimum absolute atomic E-state index is 0.100. The van der Waals surface area contributed by atoms with E-state index in [1.165, 1.54) is 0 Å². The van der Waals surface area contributed by atoms with Crippen LogP contribution in [0.2, 0.25) is 0 Å². The van der Waals surface area contributed by atoms with Crippen LogP contribution in [0.25, 0.3) is 0 Å². The third-order valence-corrected chi connectivity index (χ3v) is 4.02. The molecule has 0 spiro atoms. The molecule has 1 aliphatic carbocycles. The molecule has 1 saturated carbocycles. The third-order valence-electron chi connectivity index (χ3n) is 4.02. The maximum absolute atomic E-state index is 12.1. The van der Waals surface area contributed by atoms with Gasteiger partial charge < -0.3 is 15.7 Å². The molecule has 0 aromatic rings. The highest BCUT2D eigenvalue weighted by atomic mass is 16.4.